The number of aromatic nitrogens is 1. The van der Waals surface area contributed by atoms with Gasteiger partial charge in [-0.05, 0) is 63.3 Å². The molecule has 0 spiro atoms. The lowest BCUT2D eigenvalue weighted by atomic mass is 10.1. The number of hydrogen-bond acceptors (Lipinski definition) is 2. The van der Waals surface area contributed by atoms with E-state index >= 15 is 0 Å². The molecule has 1 heterocycles. The van der Waals surface area contributed by atoms with E-state index in [1.807, 2.05) is 31.2 Å². The van der Waals surface area contributed by atoms with Gasteiger partial charge < -0.3 is 20.1 Å². The first-order chi connectivity index (χ1) is 13.4. The van der Waals surface area contributed by atoms with Gasteiger partial charge in [-0.3, -0.25) is 4.79 Å². The van der Waals surface area contributed by atoms with Crippen molar-refractivity contribution in [2.24, 2.45) is 0 Å². The molecule has 1 aromatic heterocycles. The van der Waals surface area contributed by atoms with Gasteiger partial charge in [0, 0.05) is 11.6 Å². The van der Waals surface area contributed by atoms with Crippen LogP contribution in [0, 0.1) is 6.92 Å². The number of quaternary nitrogens is 1. The molecular weight excluding hydrogens is 368 g/mol. The van der Waals surface area contributed by atoms with E-state index < -0.39 is 0 Å². The van der Waals surface area contributed by atoms with Crippen LogP contribution < -0.4 is 15.8 Å². The number of rotatable bonds is 9. The zero-order chi connectivity index (χ0) is 20.7. The molecular formula is C22H35N4OS+. The Labute approximate surface area is 174 Å². The molecule has 0 saturated carbocycles. The third kappa shape index (κ3) is 5.79. The number of thiocarbonyl (C=S) groups is 1. The first-order valence-electron chi connectivity index (χ1n) is 10.4. The number of nitrogens with zero attached hydrogens (tertiary/aromatic N) is 1. The SMILES string of the molecule is CC[C@H](C)NC(=S)N(CC[NH+](CC)CC)Cc1cc2cccc(C)c2[nH]c1=O. The Morgan fingerprint density at radius 1 is 1.29 bits per heavy atom. The van der Waals surface area contributed by atoms with E-state index in [9.17, 15) is 4.79 Å². The van der Waals surface area contributed by atoms with Gasteiger partial charge in [0.25, 0.3) is 5.56 Å². The molecule has 0 bridgehead atoms. The second-order valence-corrected chi connectivity index (χ2v) is 7.94. The minimum absolute atomic E-state index is 0.0340. The number of hydrogen-bond donors (Lipinski definition) is 3. The van der Waals surface area contributed by atoms with Crippen LogP contribution in [0.3, 0.4) is 0 Å². The van der Waals surface area contributed by atoms with Crippen molar-refractivity contribution in [2.45, 2.75) is 53.6 Å². The molecule has 3 N–H and O–H groups in total. The van der Waals surface area contributed by atoms with Gasteiger partial charge in [-0.15, -0.1) is 0 Å². The van der Waals surface area contributed by atoms with E-state index in [4.69, 9.17) is 12.2 Å². The summed E-state index contributed by atoms with van der Waals surface area (Å²) in [5.41, 5.74) is 2.71. The van der Waals surface area contributed by atoms with E-state index in [0.717, 1.165) is 59.7 Å². The largest absolute Gasteiger partial charge is 0.360 e. The van der Waals surface area contributed by atoms with Gasteiger partial charge in [0.15, 0.2) is 5.11 Å². The van der Waals surface area contributed by atoms with Crippen molar-refractivity contribution in [1.82, 2.24) is 15.2 Å². The molecule has 28 heavy (non-hydrogen) atoms. The van der Waals surface area contributed by atoms with Crippen molar-refractivity contribution in [3.05, 3.63) is 45.7 Å². The number of H-pyrrole nitrogens is 1. The molecule has 154 valence electrons. The van der Waals surface area contributed by atoms with E-state index in [0.29, 0.717) is 12.6 Å². The van der Waals surface area contributed by atoms with Crippen molar-refractivity contribution in [3.63, 3.8) is 0 Å². The van der Waals surface area contributed by atoms with Crippen LogP contribution in [-0.4, -0.2) is 47.2 Å². The van der Waals surface area contributed by atoms with Gasteiger partial charge in [0.2, 0.25) is 0 Å². The fourth-order valence-electron chi connectivity index (χ4n) is 3.30. The number of pyridine rings is 1. The van der Waals surface area contributed by atoms with Crippen molar-refractivity contribution < 1.29 is 4.90 Å². The van der Waals surface area contributed by atoms with Crippen LogP contribution in [0.2, 0.25) is 0 Å². The normalized spacial score (nSPS) is 12.4. The molecule has 0 unspecified atom stereocenters. The summed E-state index contributed by atoms with van der Waals surface area (Å²) in [5, 5.41) is 5.20. The second kappa shape index (κ2) is 10.6. The smallest absolute Gasteiger partial charge is 0.253 e. The zero-order valence-electron chi connectivity index (χ0n) is 17.9. The maximum Gasteiger partial charge on any atom is 0.253 e. The second-order valence-electron chi connectivity index (χ2n) is 7.55. The third-order valence-electron chi connectivity index (χ3n) is 5.53. The molecule has 0 aliphatic rings. The molecule has 0 saturated heterocycles. The number of fused-ring (bicyclic) bond motifs is 1. The van der Waals surface area contributed by atoms with Gasteiger partial charge in [-0.25, -0.2) is 0 Å². The molecule has 6 heteroatoms. The van der Waals surface area contributed by atoms with Crippen LogP contribution in [0.1, 0.15) is 45.2 Å². The molecule has 0 fully saturated rings. The van der Waals surface area contributed by atoms with Gasteiger partial charge in [0.1, 0.15) is 0 Å². The van der Waals surface area contributed by atoms with Crippen molar-refractivity contribution >= 4 is 28.2 Å². The van der Waals surface area contributed by atoms with Gasteiger partial charge in [0.05, 0.1) is 38.2 Å². The van der Waals surface area contributed by atoms with Crippen LogP contribution in [0.4, 0.5) is 0 Å². The summed E-state index contributed by atoms with van der Waals surface area (Å²) in [7, 11) is 0. The Hall–Kier alpha value is -1.92. The van der Waals surface area contributed by atoms with E-state index in [2.05, 4.69) is 42.9 Å². The summed E-state index contributed by atoms with van der Waals surface area (Å²) in [5.74, 6) is 0. The molecule has 0 amide bonds. The van der Waals surface area contributed by atoms with Crippen LogP contribution in [0.15, 0.2) is 29.1 Å². The molecule has 1 aromatic carbocycles. The standard InChI is InChI=1S/C22H34N4OS/c1-6-17(5)23-22(28)26(13-12-25(7-2)8-3)15-19-14-18-11-9-10-16(4)20(18)24-21(19)27/h9-11,14,17H,6-8,12-13,15H2,1-5H3,(H,23,28)(H,24,27)/p+1/t17-/m0/s1. The third-order valence-corrected chi connectivity index (χ3v) is 5.91. The average Bonchev–Trinajstić information content (AvgIpc) is 2.68. The van der Waals surface area contributed by atoms with Gasteiger partial charge >= 0.3 is 0 Å². The maximum atomic E-state index is 12.7. The minimum atomic E-state index is -0.0340. The summed E-state index contributed by atoms with van der Waals surface area (Å²) in [4.78, 5) is 19.4. The van der Waals surface area contributed by atoms with Crippen LogP contribution in [0.25, 0.3) is 10.9 Å². The lowest BCUT2D eigenvalue weighted by molar-refractivity contribution is -0.895. The summed E-state index contributed by atoms with van der Waals surface area (Å²) in [6.07, 6.45) is 1.01. The van der Waals surface area contributed by atoms with Crippen molar-refractivity contribution in [2.75, 3.05) is 26.2 Å². The topological polar surface area (TPSA) is 52.6 Å². The maximum absolute atomic E-state index is 12.7. The highest BCUT2D eigenvalue weighted by Crippen LogP contribution is 2.15. The highest BCUT2D eigenvalue weighted by molar-refractivity contribution is 7.80. The van der Waals surface area contributed by atoms with Gasteiger partial charge in [-0.1, -0.05) is 25.1 Å². The molecule has 0 aliphatic heterocycles. The molecule has 2 rings (SSSR count). The first kappa shape index (κ1) is 22.4. The molecule has 1 atom stereocenters. The highest BCUT2D eigenvalue weighted by atomic mass is 32.1. The minimum Gasteiger partial charge on any atom is -0.360 e. The van der Waals surface area contributed by atoms with Gasteiger partial charge in [-0.2, -0.15) is 0 Å². The van der Waals surface area contributed by atoms with E-state index in [1.165, 1.54) is 4.90 Å². The number of benzene rings is 1. The predicted molar refractivity (Wildman–Crippen MR) is 122 cm³/mol. The molecule has 5 nitrogen and oxygen atoms in total. The molecule has 0 radical (unpaired) electrons. The van der Waals surface area contributed by atoms with Crippen LogP contribution >= 0.6 is 12.2 Å². The van der Waals surface area contributed by atoms with Crippen LogP contribution in [0.5, 0.6) is 0 Å². The highest BCUT2D eigenvalue weighted by Gasteiger charge is 2.17. The zero-order valence-corrected chi connectivity index (χ0v) is 18.7. The lowest BCUT2D eigenvalue weighted by Gasteiger charge is -2.29. The quantitative estimate of drug-likeness (QED) is 0.562. The number of nitrogens with one attached hydrogen (secondary N) is 3. The Morgan fingerprint density at radius 2 is 2.00 bits per heavy atom. The monoisotopic (exact) mass is 403 g/mol. The first-order valence-corrected chi connectivity index (χ1v) is 10.8. The summed E-state index contributed by atoms with van der Waals surface area (Å²) in [6.45, 7) is 15.2. The van der Waals surface area contributed by atoms with Crippen LogP contribution in [-0.2, 0) is 6.54 Å². The predicted octanol–water partition coefficient (Wildman–Crippen LogP) is 2.24. The number of para-hydroxylation sites is 1. The summed E-state index contributed by atoms with van der Waals surface area (Å²) >= 11 is 5.69. The van der Waals surface area contributed by atoms with Crippen molar-refractivity contribution in [3.8, 4) is 0 Å². The fourth-order valence-corrected chi connectivity index (χ4v) is 3.66. The number of aromatic amines is 1. The number of likely N-dealkylation sites (N-methyl/N-ethyl adjacent to an activating group) is 1. The van der Waals surface area contributed by atoms with Crippen molar-refractivity contribution in [1.29, 1.82) is 0 Å². The summed E-state index contributed by atoms with van der Waals surface area (Å²) in [6, 6.07) is 8.40. The average molecular weight is 404 g/mol. The van der Waals surface area contributed by atoms with E-state index in [1.54, 1.807) is 0 Å². The number of aryl methyl sites for hydroxylation is 1. The summed E-state index contributed by atoms with van der Waals surface area (Å²) < 4.78 is 0. The Balaban J connectivity index is 2.27. The lowest BCUT2D eigenvalue weighted by Crippen LogP contribution is -3.12. The molecule has 0 aliphatic carbocycles. The fraction of sp³-hybridized carbons (Fsp3) is 0.545. The molecule has 2 aromatic rings. The van der Waals surface area contributed by atoms with E-state index in [-0.39, 0.29) is 5.56 Å². The Morgan fingerprint density at radius 3 is 2.64 bits per heavy atom. The Kier molecular flexibility index (Phi) is 8.45. The Bertz CT molecular complexity index is 844.